The van der Waals surface area contributed by atoms with Crippen LogP contribution in [0.2, 0.25) is 0 Å². The highest BCUT2D eigenvalue weighted by molar-refractivity contribution is 5.94. The van der Waals surface area contributed by atoms with E-state index in [1.165, 1.54) is 6.07 Å². The number of fused-ring (bicyclic) bond motifs is 3. The van der Waals surface area contributed by atoms with Gasteiger partial charge in [-0.15, -0.1) is 0 Å². The first-order valence-electron chi connectivity index (χ1n) is 11.1. The number of benzene rings is 2. The summed E-state index contributed by atoms with van der Waals surface area (Å²) in [5.41, 5.74) is 4.41. The van der Waals surface area contributed by atoms with Crippen molar-refractivity contribution in [3.63, 3.8) is 0 Å². The minimum atomic E-state index is -0.930. The SMILES string of the molecule is O=C(Nc1cc(C(=O)N[C@H]2CCC[C@H]2C(=O)O)no1)OCC1c2ccccc2-c2ccccc21. The summed E-state index contributed by atoms with van der Waals surface area (Å²) in [5, 5.41) is 18.1. The molecule has 9 nitrogen and oxygen atoms in total. The number of aromatic nitrogens is 1. The second-order valence-electron chi connectivity index (χ2n) is 8.48. The molecule has 5 rings (SSSR count). The number of rotatable bonds is 6. The smallest absolute Gasteiger partial charge is 0.414 e. The molecule has 2 amide bonds. The lowest BCUT2D eigenvalue weighted by molar-refractivity contribution is -0.142. The Kier molecular flexibility index (Phi) is 5.75. The third kappa shape index (κ3) is 4.12. The first-order valence-corrected chi connectivity index (χ1v) is 11.1. The quantitative estimate of drug-likeness (QED) is 0.505. The Morgan fingerprint density at radius 2 is 1.71 bits per heavy atom. The molecule has 0 aliphatic heterocycles. The molecule has 1 aromatic heterocycles. The van der Waals surface area contributed by atoms with E-state index >= 15 is 0 Å². The van der Waals surface area contributed by atoms with Crippen molar-refractivity contribution in [3.8, 4) is 11.1 Å². The summed E-state index contributed by atoms with van der Waals surface area (Å²) >= 11 is 0. The van der Waals surface area contributed by atoms with E-state index in [0.29, 0.717) is 12.8 Å². The fourth-order valence-corrected chi connectivity index (χ4v) is 4.85. The third-order valence-electron chi connectivity index (χ3n) is 6.46. The highest BCUT2D eigenvalue weighted by Crippen LogP contribution is 2.44. The van der Waals surface area contributed by atoms with Gasteiger partial charge in [0.2, 0.25) is 5.88 Å². The van der Waals surface area contributed by atoms with Crippen LogP contribution in [0.25, 0.3) is 11.1 Å². The maximum absolute atomic E-state index is 12.4. The molecule has 1 saturated carbocycles. The first-order chi connectivity index (χ1) is 16.5. The lowest BCUT2D eigenvalue weighted by atomic mass is 9.98. The summed E-state index contributed by atoms with van der Waals surface area (Å²) in [7, 11) is 0. The van der Waals surface area contributed by atoms with Gasteiger partial charge in [-0.05, 0) is 35.1 Å². The molecule has 3 N–H and O–H groups in total. The van der Waals surface area contributed by atoms with E-state index in [1.807, 2.05) is 36.4 Å². The summed E-state index contributed by atoms with van der Waals surface area (Å²) in [5.74, 6) is -2.22. The standard InChI is InChI=1S/C25H23N3O6/c29-23(26-20-11-5-10-18(20)24(30)31)21-12-22(34-28-21)27-25(32)33-13-19-16-8-3-1-6-14(16)15-7-2-4-9-17(15)19/h1-4,6-9,12,18-20H,5,10-11,13H2,(H,26,29)(H,27,32)(H,30,31)/t18-,20+/m1/s1. The topological polar surface area (TPSA) is 131 Å². The second kappa shape index (κ2) is 9.01. The lowest BCUT2D eigenvalue weighted by Gasteiger charge is -2.16. The molecule has 9 heteroatoms. The number of carboxylic acid groups (broad SMARTS) is 1. The first kappa shape index (κ1) is 21.7. The van der Waals surface area contributed by atoms with Gasteiger partial charge in [0.15, 0.2) is 5.69 Å². The van der Waals surface area contributed by atoms with Gasteiger partial charge in [0, 0.05) is 18.0 Å². The summed E-state index contributed by atoms with van der Waals surface area (Å²) in [6.07, 6.45) is 1.11. The minimum absolute atomic E-state index is 0.0384. The number of nitrogens with one attached hydrogen (secondary N) is 2. The number of aliphatic carboxylic acids is 1. The lowest BCUT2D eigenvalue weighted by Crippen LogP contribution is -2.40. The Labute approximate surface area is 195 Å². The molecule has 1 heterocycles. The van der Waals surface area contributed by atoms with Crippen LogP contribution in [-0.2, 0) is 9.53 Å². The largest absolute Gasteiger partial charge is 0.481 e. The molecule has 174 valence electrons. The molecule has 2 aromatic carbocycles. The van der Waals surface area contributed by atoms with Gasteiger partial charge in [0.25, 0.3) is 5.91 Å². The molecule has 0 unspecified atom stereocenters. The van der Waals surface area contributed by atoms with Crippen molar-refractivity contribution in [1.29, 1.82) is 0 Å². The highest BCUT2D eigenvalue weighted by Gasteiger charge is 2.34. The molecule has 2 aliphatic carbocycles. The van der Waals surface area contributed by atoms with Gasteiger partial charge >= 0.3 is 12.1 Å². The average Bonchev–Trinajstić information content (AvgIpc) is 3.56. The van der Waals surface area contributed by atoms with E-state index in [4.69, 9.17) is 9.26 Å². The summed E-state index contributed by atoms with van der Waals surface area (Å²) in [6.45, 7) is 0.138. The van der Waals surface area contributed by atoms with Crippen LogP contribution in [-0.4, -0.2) is 40.9 Å². The van der Waals surface area contributed by atoms with E-state index in [9.17, 15) is 19.5 Å². The zero-order chi connectivity index (χ0) is 23.7. The molecule has 0 spiro atoms. The number of hydrogen-bond acceptors (Lipinski definition) is 6. The number of anilines is 1. The molecular weight excluding hydrogens is 438 g/mol. The van der Waals surface area contributed by atoms with Gasteiger partial charge in [-0.2, -0.15) is 0 Å². The predicted molar refractivity (Wildman–Crippen MR) is 121 cm³/mol. The molecule has 1 fully saturated rings. The van der Waals surface area contributed by atoms with Crippen molar-refractivity contribution >= 4 is 23.9 Å². The summed E-state index contributed by atoms with van der Waals surface area (Å²) < 4.78 is 10.5. The maximum Gasteiger partial charge on any atom is 0.414 e. The van der Waals surface area contributed by atoms with Gasteiger partial charge in [0.1, 0.15) is 6.61 Å². The van der Waals surface area contributed by atoms with E-state index in [0.717, 1.165) is 28.7 Å². The molecule has 0 bridgehead atoms. The molecule has 0 radical (unpaired) electrons. The van der Waals surface area contributed by atoms with Gasteiger partial charge in [0.05, 0.1) is 5.92 Å². The Hall–Kier alpha value is -4.14. The van der Waals surface area contributed by atoms with Crippen LogP contribution in [0.4, 0.5) is 10.7 Å². The van der Waals surface area contributed by atoms with Gasteiger partial charge in [-0.25, -0.2) is 4.79 Å². The van der Waals surface area contributed by atoms with Gasteiger partial charge in [-0.1, -0.05) is 60.1 Å². The molecular formula is C25H23N3O6. The molecule has 2 aliphatic rings. The molecule has 0 saturated heterocycles. The van der Waals surface area contributed by atoms with Crippen LogP contribution in [0.1, 0.15) is 46.8 Å². The number of nitrogens with zero attached hydrogens (tertiary/aromatic N) is 1. The molecule has 34 heavy (non-hydrogen) atoms. The Bertz CT molecular complexity index is 1210. The monoisotopic (exact) mass is 461 g/mol. The summed E-state index contributed by atoms with van der Waals surface area (Å²) in [6, 6.07) is 16.9. The fraction of sp³-hybridized carbons (Fsp3) is 0.280. The highest BCUT2D eigenvalue weighted by atomic mass is 16.6. The van der Waals surface area contributed by atoms with Crippen LogP contribution >= 0.6 is 0 Å². The van der Waals surface area contributed by atoms with Crippen molar-refractivity contribution in [2.24, 2.45) is 5.92 Å². The van der Waals surface area contributed by atoms with E-state index in [2.05, 4.69) is 27.9 Å². The van der Waals surface area contributed by atoms with Crippen molar-refractivity contribution in [3.05, 3.63) is 71.4 Å². The number of ether oxygens (including phenoxy) is 1. The summed E-state index contributed by atoms with van der Waals surface area (Å²) in [4.78, 5) is 36.1. The van der Waals surface area contributed by atoms with Crippen LogP contribution in [0.15, 0.2) is 59.1 Å². The predicted octanol–water partition coefficient (Wildman–Crippen LogP) is 4.02. The normalized spacial score (nSPS) is 18.7. The van der Waals surface area contributed by atoms with Crippen molar-refractivity contribution in [2.45, 2.75) is 31.2 Å². The van der Waals surface area contributed by atoms with Crippen LogP contribution in [0.5, 0.6) is 0 Å². The number of amides is 2. The van der Waals surface area contributed by atoms with E-state index in [-0.39, 0.29) is 24.1 Å². The maximum atomic E-state index is 12.4. The van der Waals surface area contributed by atoms with Gasteiger partial charge in [-0.3, -0.25) is 14.9 Å². The van der Waals surface area contributed by atoms with Crippen LogP contribution in [0, 0.1) is 5.92 Å². The van der Waals surface area contributed by atoms with E-state index < -0.39 is 29.9 Å². The van der Waals surface area contributed by atoms with Crippen LogP contribution < -0.4 is 10.6 Å². The Balaban J connectivity index is 1.19. The van der Waals surface area contributed by atoms with Crippen LogP contribution in [0.3, 0.4) is 0 Å². The number of hydrogen-bond donors (Lipinski definition) is 3. The third-order valence-corrected chi connectivity index (χ3v) is 6.46. The van der Waals surface area contributed by atoms with Crippen molar-refractivity contribution in [1.82, 2.24) is 10.5 Å². The zero-order valence-corrected chi connectivity index (χ0v) is 18.2. The number of carbonyl (C=O) groups excluding carboxylic acids is 2. The fourth-order valence-electron chi connectivity index (χ4n) is 4.85. The second-order valence-corrected chi connectivity index (χ2v) is 8.48. The molecule has 2 atom stereocenters. The van der Waals surface area contributed by atoms with Crippen molar-refractivity contribution in [2.75, 3.05) is 11.9 Å². The molecule has 3 aromatic rings. The average molecular weight is 461 g/mol. The van der Waals surface area contributed by atoms with Gasteiger partial charge < -0.3 is 19.7 Å². The van der Waals surface area contributed by atoms with E-state index in [1.54, 1.807) is 0 Å². The zero-order valence-electron chi connectivity index (χ0n) is 18.2. The number of carboxylic acids is 1. The number of carbonyl (C=O) groups is 3. The van der Waals surface area contributed by atoms with Crippen molar-refractivity contribution < 1.29 is 28.8 Å². The Morgan fingerprint density at radius 3 is 2.38 bits per heavy atom. The minimum Gasteiger partial charge on any atom is -0.481 e. The Morgan fingerprint density at radius 1 is 1.03 bits per heavy atom.